The van der Waals surface area contributed by atoms with Crippen molar-refractivity contribution < 1.29 is 19.1 Å². The molecule has 78 valence electrons. The van der Waals surface area contributed by atoms with Crippen LogP contribution >= 0.6 is 0 Å². The first kappa shape index (κ1) is 10.9. The third-order valence-corrected chi connectivity index (χ3v) is 2.56. The largest absolute Gasteiger partial charge is 0.468 e. The van der Waals surface area contributed by atoms with E-state index in [-0.39, 0.29) is 24.4 Å². The molecule has 0 spiro atoms. The molecule has 1 atom stereocenters. The van der Waals surface area contributed by atoms with Crippen LogP contribution in [0.1, 0.15) is 26.7 Å². The predicted octanol–water partition coefficient (Wildman–Crippen LogP) is 0.734. The number of Topliss-reactive ketones (excluding diaryl/α,β-unsaturated/α-hetero) is 2. The second kappa shape index (κ2) is 3.52. The Morgan fingerprint density at radius 2 is 2.00 bits per heavy atom. The molecule has 1 fully saturated rings. The van der Waals surface area contributed by atoms with Crippen LogP contribution in [0, 0.1) is 11.3 Å². The fourth-order valence-corrected chi connectivity index (χ4v) is 1.97. The highest BCUT2D eigenvalue weighted by Gasteiger charge is 2.46. The molecule has 0 aromatic carbocycles. The summed E-state index contributed by atoms with van der Waals surface area (Å²) < 4.78 is 4.56. The summed E-state index contributed by atoms with van der Waals surface area (Å²) in [5.74, 6) is -1.74. The van der Waals surface area contributed by atoms with E-state index in [0.717, 1.165) is 0 Å². The van der Waals surface area contributed by atoms with E-state index < -0.39 is 17.3 Å². The zero-order valence-electron chi connectivity index (χ0n) is 8.62. The van der Waals surface area contributed by atoms with E-state index in [2.05, 4.69) is 4.74 Å². The Kier molecular flexibility index (Phi) is 2.73. The predicted molar refractivity (Wildman–Crippen MR) is 48.5 cm³/mol. The van der Waals surface area contributed by atoms with Crippen LogP contribution < -0.4 is 0 Å². The lowest BCUT2D eigenvalue weighted by Crippen LogP contribution is -2.44. The molecule has 4 heteroatoms. The van der Waals surface area contributed by atoms with E-state index in [1.165, 1.54) is 7.11 Å². The number of ketones is 2. The fourth-order valence-electron chi connectivity index (χ4n) is 1.97. The second-order valence-electron chi connectivity index (χ2n) is 4.30. The maximum atomic E-state index is 11.5. The van der Waals surface area contributed by atoms with Gasteiger partial charge in [-0.25, -0.2) is 0 Å². The standard InChI is InChI=1S/C10H14O4/c1-10(2)5-6(11)4-7(12)8(10)9(13)14-3/h8H,4-5H2,1-3H3/t8-/m1/s1. The molecular formula is C10H14O4. The minimum atomic E-state index is -0.787. The lowest BCUT2D eigenvalue weighted by Gasteiger charge is -2.34. The summed E-state index contributed by atoms with van der Waals surface area (Å²) in [4.78, 5) is 34.0. The average molecular weight is 198 g/mol. The van der Waals surface area contributed by atoms with Crippen molar-refractivity contribution in [2.75, 3.05) is 7.11 Å². The molecule has 1 rings (SSSR count). The SMILES string of the molecule is COC(=O)[C@H]1C(=O)CC(=O)CC1(C)C. The van der Waals surface area contributed by atoms with Crippen LogP contribution in [0.15, 0.2) is 0 Å². The van der Waals surface area contributed by atoms with Crippen molar-refractivity contribution >= 4 is 17.5 Å². The number of esters is 1. The molecule has 1 aliphatic rings. The summed E-state index contributed by atoms with van der Waals surface area (Å²) in [7, 11) is 1.25. The van der Waals surface area contributed by atoms with Crippen LogP contribution in [0.2, 0.25) is 0 Å². The van der Waals surface area contributed by atoms with Crippen molar-refractivity contribution in [3.63, 3.8) is 0 Å². The molecule has 0 aliphatic heterocycles. The van der Waals surface area contributed by atoms with Gasteiger partial charge in [0, 0.05) is 6.42 Å². The van der Waals surface area contributed by atoms with Gasteiger partial charge in [0.1, 0.15) is 11.7 Å². The summed E-state index contributed by atoms with van der Waals surface area (Å²) in [5.41, 5.74) is -0.612. The van der Waals surface area contributed by atoms with Crippen molar-refractivity contribution in [2.24, 2.45) is 11.3 Å². The Balaban J connectivity index is 2.96. The first-order valence-corrected chi connectivity index (χ1v) is 4.50. The number of ether oxygens (including phenoxy) is 1. The van der Waals surface area contributed by atoms with E-state index in [4.69, 9.17) is 0 Å². The quantitative estimate of drug-likeness (QED) is 0.460. The van der Waals surface area contributed by atoms with Gasteiger partial charge in [0.15, 0.2) is 5.78 Å². The molecule has 0 N–H and O–H groups in total. The van der Waals surface area contributed by atoms with Gasteiger partial charge in [0.05, 0.1) is 13.5 Å². The summed E-state index contributed by atoms with van der Waals surface area (Å²) in [6.07, 6.45) is 0.127. The Labute approximate surface area is 82.6 Å². The molecule has 1 saturated carbocycles. The highest BCUT2D eigenvalue weighted by atomic mass is 16.5. The number of hydrogen-bond acceptors (Lipinski definition) is 4. The minimum absolute atomic E-state index is 0.0971. The summed E-state index contributed by atoms with van der Waals surface area (Å²) in [6, 6.07) is 0. The van der Waals surface area contributed by atoms with E-state index in [9.17, 15) is 14.4 Å². The van der Waals surface area contributed by atoms with Crippen molar-refractivity contribution in [1.29, 1.82) is 0 Å². The van der Waals surface area contributed by atoms with Crippen LogP contribution in [0.25, 0.3) is 0 Å². The molecule has 0 aromatic rings. The summed E-state index contributed by atoms with van der Waals surface area (Å²) in [5, 5.41) is 0. The molecular weight excluding hydrogens is 184 g/mol. The van der Waals surface area contributed by atoms with E-state index in [0.29, 0.717) is 0 Å². The molecule has 0 radical (unpaired) electrons. The van der Waals surface area contributed by atoms with Crippen LogP contribution in [0.5, 0.6) is 0 Å². The molecule has 14 heavy (non-hydrogen) atoms. The number of carbonyl (C=O) groups is 3. The van der Waals surface area contributed by atoms with Gasteiger partial charge in [0.25, 0.3) is 0 Å². The normalized spacial score (nSPS) is 26.1. The van der Waals surface area contributed by atoms with Gasteiger partial charge >= 0.3 is 5.97 Å². The van der Waals surface area contributed by atoms with Gasteiger partial charge in [-0.05, 0) is 5.41 Å². The zero-order chi connectivity index (χ0) is 10.9. The smallest absolute Gasteiger partial charge is 0.316 e. The maximum absolute atomic E-state index is 11.5. The van der Waals surface area contributed by atoms with Gasteiger partial charge in [-0.1, -0.05) is 13.8 Å². The third kappa shape index (κ3) is 1.84. The van der Waals surface area contributed by atoms with Crippen molar-refractivity contribution in [3.05, 3.63) is 0 Å². The van der Waals surface area contributed by atoms with Gasteiger partial charge in [0.2, 0.25) is 0 Å². The fraction of sp³-hybridized carbons (Fsp3) is 0.700. The van der Waals surface area contributed by atoms with Crippen molar-refractivity contribution in [2.45, 2.75) is 26.7 Å². The van der Waals surface area contributed by atoms with E-state index >= 15 is 0 Å². The second-order valence-corrected chi connectivity index (χ2v) is 4.30. The molecule has 0 aromatic heterocycles. The van der Waals surface area contributed by atoms with E-state index in [1.807, 2.05) is 0 Å². The van der Waals surface area contributed by atoms with Crippen LogP contribution in [0.3, 0.4) is 0 Å². The maximum Gasteiger partial charge on any atom is 0.316 e. The minimum Gasteiger partial charge on any atom is -0.468 e. The average Bonchev–Trinajstić information content (AvgIpc) is 1.99. The van der Waals surface area contributed by atoms with Gasteiger partial charge < -0.3 is 4.74 Å². The third-order valence-electron chi connectivity index (χ3n) is 2.56. The monoisotopic (exact) mass is 198 g/mol. The molecule has 0 heterocycles. The molecule has 0 unspecified atom stereocenters. The van der Waals surface area contributed by atoms with Crippen molar-refractivity contribution in [3.8, 4) is 0 Å². The zero-order valence-corrected chi connectivity index (χ0v) is 8.62. The van der Waals surface area contributed by atoms with Gasteiger partial charge in [-0.15, -0.1) is 0 Å². The number of rotatable bonds is 1. The number of hydrogen-bond donors (Lipinski definition) is 0. The Morgan fingerprint density at radius 3 is 2.43 bits per heavy atom. The van der Waals surface area contributed by atoms with E-state index in [1.54, 1.807) is 13.8 Å². The molecule has 0 bridgehead atoms. The molecule has 0 amide bonds. The summed E-state index contributed by atoms with van der Waals surface area (Å²) >= 11 is 0. The molecule has 0 saturated heterocycles. The number of methoxy groups -OCH3 is 1. The number of carbonyl (C=O) groups excluding carboxylic acids is 3. The highest BCUT2D eigenvalue weighted by Crippen LogP contribution is 2.37. The summed E-state index contributed by atoms with van der Waals surface area (Å²) in [6.45, 7) is 3.48. The topological polar surface area (TPSA) is 60.4 Å². The lowest BCUT2D eigenvalue weighted by molar-refractivity contribution is -0.157. The first-order chi connectivity index (χ1) is 6.38. The van der Waals surface area contributed by atoms with Crippen LogP contribution in [-0.4, -0.2) is 24.6 Å². The molecule has 1 aliphatic carbocycles. The van der Waals surface area contributed by atoms with Crippen LogP contribution in [-0.2, 0) is 19.1 Å². The molecule has 4 nitrogen and oxygen atoms in total. The first-order valence-electron chi connectivity index (χ1n) is 4.50. The Bertz CT molecular complexity index is 290. The van der Waals surface area contributed by atoms with Gasteiger partial charge in [-0.2, -0.15) is 0 Å². The lowest BCUT2D eigenvalue weighted by atomic mass is 9.68. The Hall–Kier alpha value is -1.19. The van der Waals surface area contributed by atoms with Crippen molar-refractivity contribution in [1.82, 2.24) is 0 Å². The highest BCUT2D eigenvalue weighted by molar-refractivity contribution is 6.11. The Morgan fingerprint density at radius 1 is 1.43 bits per heavy atom. The van der Waals surface area contributed by atoms with Gasteiger partial charge in [-0.3, -0.25) is 14.4 Å². The van der Waals surface area contributed by atoms with Crippen LogP contribution in [0.4, 0.5) is 0 Å².